The first-order valence-electron chi connectivity index (χ1n) is 8.51. The monoisotopic (exact) mass is 420 g/mol. The van der Waals surface area contributed by atoms with E-state index >= 15 is 0 Å². The molecule has 1 aromatic carbocycles. The van der Waals surface area contributed by atoms with Gasteiger partial charge in [-0.2, -0.15) is 13.2 Å². The number of halogens is 3. The smallest absolute Gasteiger partial charge is 0.433 e. The molecule has 2 aromatic rings. The third-order valence-corrected chi connectivity index (χ3v) is 4.48. The number of aromatic hydroxyl groups is 1. The highest BCUT2D eigenvalue weighted by Crippen LogP contribution is 2.37. The fraction of sp³-hybridized carbons (Fsp3) is 0.471. The standard InChI is InChI=1S/C17H19F3N2O7/c18-17(19,20)14-9(5-7-2-1-3-8(24)4-7)15(22-21-14)29-16-13(27)12(26)11(25)10(6-23)28-16/h1-4,10-13,16,23-27H,5-6H2,(H,21,22)/t10-,11-,12+,13-,16+/m1/s1. The number of aliphatic hydroxyl groups excluding tert-OH is 4. The Hall–Kier alpha value is -2.38. The molecule has 0 aliphatic carbocycles. The number of H-pyrrole nitrogens is 1. The Labute approximate surface area is 161 Å². The highest BCUT2D eigenvalue weighted by molar-refractivity contribution is 5.39. The number of aromatic amines is 1. The number of hydrogen-bond acceptors (Lipinski definition) is 8. The second-order valence-electron chi connectivity index (χ2n) is 6.54. The molecule has 0 amide bonds. The van der Waals surface area contributed by atoms with Crippen molar-refractivity contribution < 1.29 is 48.2 Å². The molecule has 1 aliphatic rings. The quantitative estimate of drug-likeness (QED) is 0.393. The minimum absolute atomic E-state index is 0.143. The van der Waals surface area contributed by atoms with Crippen LogP contribution in [-0.4, -0.2) is 73.0 Å². The molecule has 0 bridgehead atoms. The average Bonchev–Trinajstić information content (AvgIpc) is 3.05. The number of phenols is 1. The van der Waals surface area contributed by atoms with Crippen molar-refractivity contribution in [2.24, 2.45) is 0 Å². The molecule has 9 nitrogen and oxygen atoms in total. The molecule has 0 saturated carbocycles. The van der Waals surface area contributed by atoms with Crippen LogP contribution in [0, 0.1) is 0 Å². The summed E-state index contributed by atoms with van der Waals surface area (Å²) in [5.41, 5.74) is -1.28. The number of aromatic nitrogens is 2. The normalized spacial score (nSPS) is 27.8. The van der Waals surface area contributed by atoms with Crippen LogP contribution in [0.4, 0.5) is 13.2 Å². The number of ether oxygens (including phenoxy) is 2. The SMILES string of the molecule is OC[C@H]1O[C@@H](Oc2n[nH]c(C(F)(F)F)c2Cc2cccc(O)c2)[C@H](O)[C@@H](O)[C@@H]1O. The Morgan fingerprint density at radius 3 is 2.48 bits per heavy atom. The molecule has 1 saturated heterocycles. The van der Waals surface area contributed by atoms with E-state index in [1.54, 1.807) is 0 Å². The van der Waals surface area contributed by atoms with E-state index in [0.29, 0.717) is 5.56 Å². The van der Waals surface area contributed by atoms with Gasteiger partial charge in [-0.3, -0.25) is 5.10 Å². The molecule has 1 aliphatic heterocycles. The maximum atomic E-state index is 13.4. The van der Waals surface area contributed by atoms with E-state index in [2.05, 4.69) is 5.10 Å². The van der Waals surface area contributed by atoms with Gasteiger partial charge >= 0.3 is 6.18 Å². The van der Waals surface area contributed by atoms with Crippen LogP contribution in [0.15, 0.2) is 24.3 Å². The van der Waals surface area contributed by atoms with Crippen LogP contribution < -0.4 is 4.74 Å². The summed E-state index contributed by atoms with van der Waals surface area (Å²) in [4.78, 5) is 0. The Morgan fingerprint density at radius 1 is 1.14 bits per heavy atom. The minimum atomic E-state index is -4.80. The molecular weight excluding hydrogens is 401 g/mol. The van der Waals surface area contributed by atoms with Crippen molar-refractivity contribution in [3.63, 3.8) is 0 Å². The summed E-state index contributed by atoms with van der Waals surface area (Å²) in [7, 11) is 0. The number of rotatable bonds is 5. The van der Waals surface area contributed by atoms with Crippen molar-refractivity contribution in [3.05, 3.63) is 41.1 Å². The van der Waals surface area contributed by atoms with Gasteiger partial charge in [0.25, 0.3) is 0 Å². The van der Waals surface area contributed by atoms with Crippen LogP contribution in [0.1, 0.15) is 16.8 Å². The van der Waals surface area contributed by atoms with E-state index in [4.69, 9.17) is 9.47 Å². The third-order valence-electron chi connectivity index (χ3n) is 4.48. The van der Waals surface area contributed by atoms with Crippen LogP contribution in [0.5, 0.6) is 11.6 Å². The second kappa shape index (κ2) is 8.16. The number of alkyl halides is 3. The topological polar surface area (TPSA) is 148 Å². The number of benzene rings is 1. The van der Waals surface area contributed by atoms with Crippen molar-refractivity contribution in [2.45, 2.75) is 43.3 Å². The number of nitrogens with one attached hydrogen (secondary N) is 1. The number of hydrogen-bond donors (Lipinski definition) is 6. The number of phenolic OH excluding ortho intramolecular Hbond substituents is 1. The van der Waals surface area contributed by atoms with Gasteiger partial charge in [0.15, 0.2) is 0 Å². The first kappa shape index (κ1) is 21.3. The first-order valence-corrected chi connectivity index (χ1v) is 8.51. The summed E-state index contributed by atoms with van der Waals surface area (Å²) in [6, 6.07) is 5.57. The predicted molar refractivity (Wildman–Crippen MR) is 88.9 cm³/mol. The predicted octanol–water partition coefficient (Wildman–Crippen LogP) is -0.0964. The largest absolute Gasteiger partial charge is 0.508 e. The Kier molecular flexibility index (Phi) is 6.00. The summed E-state index contributed by atoms with van der Waals surface area (Å²) in [6.45, 7) is -0.727. The third kappa shape index (κ3) is 4.46. The van der Waals surface area contributed by atoms with Crippen molar-refractivity contribution in [1.82, 2.24) is 10.2 Å². The average molecular weight is 420 g/mol. The van der Waals surface area contributed by atoms with Crippen molar-refractivity contribution in [3.8, 4) is 11.6 Å². The van der Waals surface area contributed by atoms with Crippen LogP contribution in [0.25, 0.3) is 0 Å². The van der Waals surface area contributed by atoms with Gasteiger partial charge in [-0.1, -0.05) is 12.1 Å². The van der Waals surface area contributed by atoms with Gasteiger partial charge in [0, 0.05) is 6.42 Å². The zero-order valence-electron chi connectivity index (χ0n) is 14.7. The van der Waals surface area contributed by atoms with Crippen molar-refractivity contribution in [1.29, 1.82) is 0 Å². The summed E-state index contributed by atoms with van der Waals surface area (Å²) in [5, 5.41) is 53.7. The van der Waals surface area contributed by atoms with E-state index in [1.165, 1.54) is 24.3 Å². The zero-order valence-corrected chi connectivity index (χ0v) is 14.7. The van der Waals surface area contributed by atoms with E-state index in [-0.39, 0.29) is 12.2 Å². The van der Waals surface area contributed by atoms with Gasteiger partial charge in [0.1, 0.15) is 35.9 Å². The van der Waals surface area contributed by atoms with Crippen molar-refractivity contribution in [2.75, 3.05) is 6.61 Å². The lowest BCUT2D eigenvalue weighted by molar-refractivity contribution is -0.278. The van der Waals surface area contributed by atoms with Gasteiger partial charge in [-0.05, 0) is 17.7 Å². The molecule has 1 aromatic heterocycles. The lowest BCUT2D eigenvalue weighted by Crippen LogP contribution is -2.60. The van der Waals surface area contributed by atoms with E-state index in [9.17, 15) is 38.7 Å². The van der Waals surface area contributed by atoms with Crippen LogP contribution in [0.2, 0.25) is 0 Å². The van der Waals surface area contributed by atoms with E-state index in [1.807, 2.05) is 5.10 Å². The van der Waals surface area contributed by atoms with Gasteiger partial charge in [-0.15, -0.1) is 5.10 Å². The minimum Gasteiger partial charge on any atom is -0.508 e. The van der Waals surface area contributed by atoms with Gasteiger partial charge in [-0.25, -0.2) is 0 Å². The summed E-state index contributed by atoms with van der Waals surface area (Å²) >= 11 is 0. The molecular formula is C17H19F3N2O7. The van der Waals surface area contributed by atoms with Crippen LogP contribution in [-0.2, 0) is 17.3 Å². The van der Waals surface area contributed by atoms with Crippen molar-refractivity contribution >= 4 is 0 Å². The second-order valence-corrected chi connectivity index (χ2v) is 6.54. The summed E-state index contributed by atoms with van der Waals surface area (Å²) in [6.07, 6.45) is -13.3. The molecule has 0 spiro atoms. The Morgan fingerprint density at radius 2 is 1.86 bits per heavy atom. The molecule has 160 valence electrons. The Balaban J connectivity index is 1.92. The molecule has 1 fully saturated rings. The van der Waals surface area contributed by atoms with Crippen LogP contribution >= 0.6 is 0 Å². The molecule has 5 atom stereocenters. The highest BCUT2D eigenvalue weighted by atomic mass is 19.4. The molecule has 29 heavy (non-hydrogen) atoms. The van der Waals surface area contributed by atoms with Gasteiger partial charge in [0.05, 0.1) is 12.2 Å². The molecule has 0 unspecified atom stereocenters. The fourth-order valence-electron chi connectivity index (χ4n) is 2.99. The number of nitrogens with zero attached hydrogens (tertiary/aromatic N) is 1. The van der Waals surface area contributed by atoms with E-state index in [0.717, 1.165) is 0 Å². The van der Waals surface area contributed by atoms with Gasteiger partial charge in [0.2, 0.25) is 12.2 Å². The van der Waals surface area contributed by atoms with Gasteiger partial charge < -0.3 is 35.0 Å². The fourth-order valence-corrected chi connectivity index (χ4v) is 2.99. The summed E-state index contributed by atoms with van der Waals surface area (Å²) in [5.74, 6) is -0.694. The maximum absolute atomic E-state index is 13.4. The first-order chi connectivity index (χ1) is 13.6. The molecule has 0 radical (unpaired) electrons. The zero-order chi connectivity index (χ0) is 21.3. The molecule has 6 N–H and O–H groups in total. The highest BCUT2D eigenvalue weighted by Gasteiger charge is 2.46. The maximum Gasteiger partial charge on any atom is 0.433 e. The number of aliphatic hydroxyl groups is 4. The Bertz CT molecular complexity index is 843. The van der Waals surface area contributed by atoms with Crippen LogP contribution in [0.3, 0.4) is 0 Å². The van der Waals surface area contributed by atoms with E-state index < -0.39 is 60.6 Å². The lowest BCUT2D eigenvalue weighted by Gasteiger charge is -2.39. The molecule has 12 heteroatoms. The summed E-state index contributed by atoms with van der Waals surface area (Å²) < 4.78 is 50.5. The lowest BCUT2D eigenvalue weighted by atomic mass is 9.99. The molecule has 3 rings (SSSR count). The molecule has 2 heterocycles.